The first-order chi connectivity index (χ1) is 16.5. The van der Waals surface area contributed by atoms with Crippen LogP contribution in [0.2, 0.25) is 0 Å². The lowest BCUT2D eigenvalue weighted by Gasteiger charge is -2.26. The number of ether oxygens (including phenoxy) is 1. The van der Waals surface area contributed by atoms with E-state index in [0.717, 1.165) is 31.6 Å². The van der Waals surface area contributed by atoms with Crippen LogP contribution in [0.4, 0.5) is 5.69 Å². The molecule has 1 saturated heterocycles. The largest absolute Gasteiger partial charge is 0.494 e. The molecule has 2 aromatic carbocycles. The minimum absolute atomic E-state index is 0.122. The fourth-order valence-electron chi connectivity index (χ4n) is 3.90. The first kappa shape index (κ1) is 25.3. The highest BCUT2D eigenvalue weighted by molar-refractivity contribution is 5.39. The Bertz CT molecular complexity index is 929. The van der Waals surface area contributed by atoms with E-state index in [9.17, 15) is 15.2 Å². The van der Waals surface area contributed by atoms with Crippen LogP contribution in [0, 0.1) is 10.1 Å². The Labute approximate surface area is 200 Å². The molecule has 0 bridgehead atoms. The van der Waals surface area contributed by atoms with Crippen LogP contribution in [-0.4, -0.2) is 47.7 Å². The highest BCUT2D eigenvalue weighted by Crippen LogP contribution is 2.18. The smallest absolute Gasteiger partial charge is 0.274 e. The molecule has 3 rings (SSSR count). The van der Waals surface area contributed by atoms with Gasteiger partial charge in [-0.1, -0.05) is 30.7 Å². The minimum atomic E-state index is -0.821. The van der Waals surface area contributed by atoms with Crippen LogP contribution in [0.1, 0.15) is 42.9 Å². The van der Waals surface area contributed by atoms with Crippen molar-refractivity contribution >= 4 is 5.69 Å². The molecule has 0 radical (unpaired) electrons. The van der Waals surface area contributed by atoms with Gasteiger partial charge in [0.1, 0.15) is 5.75 Å². The summed E-state index contributed by atoms with van der Waals surface area (Å²) >= 11 is 0. The zero-order valence-electron chi connectivity index (χ0n) is 19.5. The fourth-order valence-corrected chi connectivity index (χ4v) is 3.90. The predicted octanol–water partition coefficient (Wildman–Crippen LogP) is 3.01. The second-order valence-corrected chi connectivity index (χ2v) is 8.50. The van der Waals surface area contributed by atoms with Crippen LogP contribution in [0.5, 0.6) is 5.75 Å². The predicted molar refractivity (Wildman–Crippen MR) is 133 cm³/mol. The SMILES string of the molecule is Nc1ccc(C(O)CN/C(=C/[N+](=O)[O-])NCCCOc2cccc(CN3CCCCC3)c2)cc1. The third kappa shape index (κ3) is 8.92. The number of hydrogen-bond donors (Lipinski definition) is 4. The van der Waals surface area contributed by atoms with E-state index in [4.69, 9.17) is 10.5 Å². The maximum absolute atomic E-state index is 11.0. The summed E-state index contributed by atoms with van der Waals surface area (Å²) in [5.41, 5.74) is 8.20. The van der Waals surface area contributed by atoms with Gasteiger partial charge < -0.3 is 26.2 Å². The molecule has 1 atom stereocenters. The Balaban J connectivity index is 1.39. The number of likely N-dealkylation sites (tertiary alicyclic amines) is 1. The van der Waals surface area contributed by atoms with E-state index in [1.807, 2.05) is 12.1 Å². The third-order valence-electron chi connectivity index (χ3n) is 5.70. The number of nitrogens with one attached hydrogen (secondary N) is 2. The van der Waals surface area contributed by atoms with E-state index >= 15 is 0 Å². The molecule has 9 heteroatoms. The normalized spacial score (nSPS) is 15.5. The lowest BCUT2D eigenvalue weighted by molar-refractivity contribution is -0.404. The van der Waals surface area contributed by atoms with Crippen molar-refractivity contribution < 1.29 is 14.8 Å². The summed E-state index contributed by atoms with van der Waals surface area (Å²) in [5, 5.41) is 27.2. The quantitative estimate of drug-likeness (QED) is 0.153. The number of piperidine rings is 1. The molecule has 1 aliphatic rings. The van der Waals surface area contributed by atoms with Gasteiger partial charge in [-0.15, -0.1) is 0 Å². The van der Waals surface area contributed by atoms with Gasteiger partial charge in [-0.3, -0.25) is 15.0 Å². The summed E-state index contributed by atoms with van der Waals surface area (Å²) in [6.45, 7) is 4.35. The van der Waals surface area contributed by atoms with Crippen molar-refractivity contribution in [2.24, 2.45) is 0 Å². The van der Waals surface area contributed by atoms with E-state index in [1.54, 1.807) is 24.3 Å². The van der Waals surface area contributed by atoms with Gasteiger partial charge in [0, 0.05) is 25.3 Å². The molecule has 0 aromatic heterocycles. The van der Waals surface area contributed by atoms with Gasteiger partial charge in [-0.2, -0.15) is 0 Å². The molecule has 2 aromatic rings. The van der Waals surface area contributed by atoms with Crippen molar-refractivity contribution in [2.75, 3.05) is 38.5 Å². The molecule has 1 unspecified atom stereocenters. The van der Waals surface area contributed by atoms with Crippen LogP contribution in [0.25, 0.3) is 0 Å². The van der Waals surface area contributed by atoms with E-state index < -0.39 is 11.0 Å². The standard InChI is InChI=1S/C25H35N5O4/c26-22-10-8-21(9-11-22)24(31)17-28-25(19-30(32)33)27-12-5-15-34-23-7-4-6-20(16-23)18-29-13-2-1-3-14-29/h4,6-11,16,19,24,27-28,31H,1-3,5,12-15,17-18,26H2/b25-19+. The lowest BCUT2D eigenvalue weighted by atomic mass is 10.1. The topological polar surface area (TPSA) is 126 Å². The fraction of sp³-hybridized carbons (Fsp3) is 0.440. The Kier molecular flexibility index (Phi) is 9.99. The summed E-state index contributed by atoms with van der Waals surface area (Å²) in [5.74, 6) is 1.07. The van der Waals surface area contributed by atoms with E-state index in [1.165, 1.54) is 24.8 Å². The maximum Gasteiger partial charge on any atom is 0.274 e. The highest BCUT2D eigenvalue weighted by Gasteiger charge is 2.11. The molecule has 5 N–H and O–H groups in total. The van der Waals surface area contributed by atoms with Crippen molar-refractivity contribution in [1.82, 2.24) is 15.5 Å². The Hall–Kier alpha value is -3.30. The highest BCUT2D eigenvalue weighted by atomic mass is 16.6. The van der Waals surface area contributed by atoms with Crippen molar-refractivity contribution in [3.05, 3.63) is 81.8 Å². The van der Waals surface area contributed by atoms with Crippen LogP contribution < -0.4 is 21.1 Å². The molecule has 184 valence electrons. The van der Waals surface area contributed by atoms with E-state index in [2.05, 4.69) is 27.7 Å². The first-order valence-electron chi connectivity index (χ1n) is 11.8. The van der Waals surface area contributed by atoms with Crippen LogP contribution in [0.3, 0.4) is 0 Å². The van der Waals surface area contributed by atoms with Crippen molar-refractivity contribution in [3.63, 3.8) is 0 Å². The van der Waals surface area contributed by atoms with Crippen LogP contribution in [0.15, 0.2) is 60.6 Å². The second-order valence-electron chi connectivity index (χ2n) is 8.50. The van der Waals surface area contributed by atoms with E-state index in [-0.39, 0.29) is 12.4 Å². The number of nitrogens with zero attached hydrogens (tertiary/aromatic N) is 2. The number of benzene rings is 2. The summed E-state index contributed by atoms with van der Waals surface area (Å²) < 4.78 is 5.88. The minimum Gasteiger partial charge on any atom is -0.494 e. The molecular formula is C25H35N5O4. The van der Waals surface area contributed by atoms with E-state index in [0.29, 0.717) is 30.8 Å². The molecular weight excluding hydrogens is 434 g/mol. The summed E-state index contributed by atoms with van der Waals surface area (Å²) in [6.07, 6.45) is 4.56. The summed E-state index contributed by atoms with van der Waals surface area (Å²) in [6, 6.07) is 15.0. The number of nitrogen functional groups attached to an aromatic ring is 1. The molecule has 0 spiro atoms. The number of aliphatic hydroxyl groups excluding tert-OH is 1. The molecule has 1 aliphatic heterocycles. The Morgan fingerprint density at radius 3 is 2.68 bits per heavy atom. The number of nitro groups is 1. The zero-order valence-corrected chi connectivity index (χ0v) is 19.5. The van der Waals surface area contributed by atoms with Crippen molar-refractivity contribution in [3.8, 4) is 5.75 Å². The van der Waals surface area contributed by atoms with Crippen molar-refractivity contribution in [2.45, 2.75) is 38.3 Å². The summed E-state index contributed by atoms with van der Waals surface area (Å²) in [7, 11) is 0. The van der Waals surface area contributed by atoms with Gasteiger partial charge in [0.05, 0.1) is 17.6 Å². The maximum atomic E-state index is 11.0. The lowest BCUT2D eigenvalue weighted by Crippen LogP contribution is -2.31. The number of nitrogens with two attached hydrogens (primary N) is 1. The third-order valence-corrected chi connectivity index (χ3v) is 5.70. The van der Waals surface area contributed by atoms with Crippen molar-refractivity contribution in [1.29, 1.82) is 0 Å². The molecule has 9 nitrogen and oxygen atoms in total. The van der Waals surface area contributed by atoms with Crippen LogP contribution in [-0.2, 0) is 6.54 Å². The molecule has 0 aliphatic carbocycles. The van der Waals surface area contributed by atoms with Gasteiger partial charge >= 0.3 is 0 Å². The zero-order chi connectivity index (χ0) is 24.2. The average Bonchev–Trinajstić information content (AvgIpc) is 2.83. The Morgan fingerprint density at radius 1 is 1.18 bits per heavy atom. The monoisotopic (exact) mass is 469 g/mol. The van der Waals surface area contributed by atoms with Gasteiger partial charge in [0.15, 0.2) is 5.82 Å². The molecule has 1 fully saturated rings. The molecule has 0 amide bonds. The summed E-state index contributed by atoms with van der Waals surface area (Å²) in [4.78, 5) is 12.9. The van der Waals surface area contributed by atoms with Gasteiger partial charge in [-0.05, 0) is 67.7 Å². The van der Waals surface area contributed by atoms with Gasteiger partial charge in [0.25, 0.3) is 6.20 Å². The number of anilines is 1. The Morgan fingerprint density at radius 2 is 1.94 bits per heavy atom. The molecule has 1 heterocycles. The second kappa shape index (κ2) is 13.4. The molecule has 0 saturated carbocycles. The number of hydrogen-bond acceptors (Lipinski definition) is 8. The average molecular weight is 470 g/mol. The number of rotatable bonds is 13. The number of aliphatic hydroxyl groups is 1. The van der Waals surface area contributed by atoms with Gasteiger partial charge in [0.2, 0.25) is 0 Å². The van der Waals surface area contributed by atoms with Crippen LogP contribution >= 0.6 is 0 Å². The van der Waals surface area contributed by atoms with Gasteiger partial charge in [-0.25, -0.2) is 0 Å². The molecule has 34 heavy (non-hydrogen) atoms. The first-order valence-corrected chi connectivity index (χ1v) is 11.8.